The van der Waals surface area contributed by atoms with E-state index in [1.165, 1.54) is 25.3 Å². The molecule has 7 heteroatoms. The van der Waals surface area contributed by atoms with Crippen molar-refractivity contribution in [3.63, 3.8) is 0 Å². The monoisotopic (exact) mass is 450 g/mol. The number of nitrogens with zero attached hydrogens (tertiary/aromatic N) is 1. The second kappa shape index (κ2) is 7.99. The molecule has 0 radical (unpaired) electrons. The van der Waals surface area contributed by atoms with Crippen LogP contribution in [-0.4, -0.2) is 18.1 Å². The molecule has 0 saturated heterocycles. The van der Waals surface area contributed by atoms with Crippen LogP contribution in [0.25, 0.3) is 6.08 Å². The standard InChI is InChI=1S/C17H12Br2N2O3/c1-24-16-10(7-12(18)8-15(16)19)6-11(9-20)17(23)21-13-2-4-14(22)5-3-13/h2-8,22H,1H3,(H,21,23)/b11-6+. The van der Waals surface area contributed by atoms with E-state index in [9.17, 15) is 15.2 Å². The Labute approximate surface area is 155 Å². The third kappa shape index (κ3) is 4.37. The number of anilines is 1. The highest BCUT2D eigenvalue weighted by Gasteiger charge is 2.13. The number of amides is 1. The Kier molecular flexibility index (Phi) is 6.01. The molecule has 0 aliphatic heterocycles. The van der Waals surface area contributed by atoms with Crippen molar-refractivity contribution in [3.05, 3.63) is 56.5 Å². The minimum absolute atomic E-state index is 0.0774. The average Bonchev–Trinajstić information content (AvgIpc) is 2.54. The summed E-state index contributed by atoms with van der Waals surface area (Å²) in [7, 11) is 1.51. The summed E-state index contributed by atoms with van der Waals surface area (Å²) < 4.78 is 6.78. The molecule has 0 aliphatic carbocycles. The van der Waals surface area contributed by atoms with Gasteiger partial charge in [0.05, 0.1) is 11.6 Å². The molecular formula is C17H12Br2N2O3. The van der Waals surface area contributed by atoms with Gasteiger partial charge in [-0.05, 0) is 58.4 Å². The van der Waals surface area contributed by atoms with Gasteiger partial charge in [-0.25, -0.2) is 0 Å². The summed E-state index contributed by atoms with van der Waals surface area (Å²) in [6.45, 7) is 0. The highest BCUT2D eigenvalue weighted by atomic mass is 79.9. The van der Waals surface area contributed by atoms with Gasteiger partial charge in [0.1, 0.15) is 23.1 Å². The summed E-state index contributed by atoms with van der Waals surface area (Å²) in [5, 5.41) is 21.2. The van der Waals surface area contributed by atoms with E-state index in [1.807, 2.05) is 6.07 Å². The van der Waals surface area contributed by atoms with Crippen LogP contribution in [0.1, 0.15) is 5.56 Å². The van der Waals surface area contributed by atoms with Gasteiger partial charge in [-0.2, -0.15) is 5.26 Å². The molecule has 1 amide bonds. The minimum Gasteiger partial charge on any atom is -0.508 e. The van der Waals surface area contributed by atoms with Crippen molar-refractivity contribution in [2.75, 3.05) is 12.4 Å². The van der Waals surface area contributed by atoms with Crippen molar-refractivity contribution < 1.29 is 14.6 Å². The second-order valence-corrected chi connectivity index (χ2v) is 6.45. The van der Waals surface area contributed by atoms with E-state index in [0.717, 1.165) is 4.47 Å². The van der Waals surface area contributed by atoms with Gasteiger partial charge in [0.15, 0.2) is 0 Å². The lowest BCUT2D eigenvalue weighted by Gasteiger charge is -2.09. The summed E-state index contributed by atoms with van der Waals surface area (Å²) in [4.78, 5) is 12.3. The summed E-state index contributed by atoms with van der Waals surface area (Å²) in [6, 6.07) is 11.4. The number of rotatable bonds is 4. The van der Waals surface area contributed by atoms with Crippen LogP contribution in [0.5, 0.6) is 11.5 Å². The van der Waals surface area contributed by atoms with Crippen molar-refractivity contribution in [1.29, 1.82) is 5.26 Å². The average molecular weight is 452 g/mol. The van der Waals surface area contributed by atoms with E-state index in [-0.39, 0.29) is 11.3 Å². The number of nitriles is 1. The number of phenols is 1. The SMILES string of the molecule is COc1c(Br)cc(Br)cc1/C=C(\C#N)C(=O)Nc1ccc(O)cc1. The molecule has 0 unspecified atom stereocenters. The topological polar surface area (TPSA) is 82.3 Å². The van der Waals surface area contributed by atoms with Crippen molar-refractivity contribution in [3.8, 4) is 17.6 Å². The number of carbonyl (C=O) groups is 1. The number of nitrogens with one attached hydrogen (secondary N) is 1. The zero-order valence-corrected chi connectivity index (χ0v) is 15.7. The van der Waals surface area contributed by atoms with Crippen LogP contribution < -0.4 is 10.1 Å². The molecule has 2 aromatic rings. The third-order valence-corrected chi connectivity index (χ3v) is 4.08. The highest BCUT2D eigenvalue weighted by molar-refractivity contribution is 9.11. The quantitative estimate of drug-likeness (QED) is 0.408. The lowest BCUT2D eigenvalue weighted by molar-refractivity contribution is -0.112. The Balaban J connectivity index is 2.34. The minimum atomic E-state index is -0.554. The molecule has 2 aromatic carbocycles. The number of benzene rings is 2. The predicted octanol–water partition coefficient (Wildman–Crippen LogP) is 4.47. The van der Waals surface area contributed by atoms with Crippen LogP contribution in [-0.2, 0) is 4.79 Å². The normalized spacial score (nSPS) is 10.8. The summed E-state index contributed by atoms with van der Waals surface area (Å²) in [5.74, 6) is 0.0532. The fourth-order valence-corrected chi connectivity index (χ4v) is 3.37. The fraction of sp³-hybridized carbons (Fsp3) is 0.0588. The largest absolute Gasteiger partial charge is 0.508 e. The van der Waals surface area contributed by atoms with E-state index in [1.54, 1.807) is 24.3 Å². The zero-order chi connectivity index (χ0) is 17.7. The molecule has 122 valence electrons. The maximum Gasteiger partial charge on any atom is 0.266 e. The number of methoxy groups -OCH3 is 1. The molecule has 0 bridgehead atoms. The lowest BCUT2D eigenvalue weighted by Crippen LogP contribution is -2.13. The van der Waals surface area contributed by atoms with E-state index in [0.29, 0.717) is 21.5 Å². The van der Waals surface area contributed by atoms with Crippen molar-refractivity contribution in [1.82, 2.24) is 0 Å². The van der Waals surface area contributed by atoms with Gasteiger partial charge < -0.3 is 15.2 Å². The van der Waals surface area contributed by atoms with E-state index in [4.69, 9.17) is 4.74 Å². The lowest BCUT2D eigenvalue weighted by atomic mass is 10.1. The molecule has 2 rings (SSSR count). The summed E-state index contributed by atoms with van der Waals surface area (Å²) >= 11 is 6.74. The zero-order valence-electron chi connectivity index (χ0n) is 12.5. The second-order valence-electron chi connectivity index (χ2n) is 4.68. The van der Waals surface area contributed by atoms with Crippen LogP contribution in [0.15, 0.2) is 50.9 Å². The van der Waals surface area contributed by atoms with Gasteiger partial charge in [0.2, 0.25) is 0 Å². The highest BCUT2D eigenvalue weighted by Crippen LogP contribution is 2.34. The van der Waals surface area contributed by atoms with Gasteiger partial charge >= 0.3 is 0 Å². The molecule has 0 fully saturated rings. The fourth-order valence-electron chi connectivity index (χ4n) is 1.95. The molecule has 24 heavy (non-hydrogen) atoms. The Morgan fingerprint density at radius 2 is 1.96 bits per heavy atom. The molecular weight excluding hydrogens is 440 g/mol. The van der Waals surface area contributed by atoms with Crippen molar-refractivity contribution in [2.45, 2.75) is 0 Å². The number of aromatic hydroxyl groups is 1. The van der Waals surface area contributed by atoms with Crippen LogP contribution in [0.4, 0.5) is 5.69 Å². The number of hydrogen-bond donors (Lipinski definition) is 2. The number of hydrogen-bond acceptors (Lipinski definition) is 4. The Morgan fingerprint density at radius 3 is 2.54 bits per heavy atom. The van der Waals surface area contributed by atoms with E-state index in [2.05, 4.69) is 37.2 Å². The van der Waals surface area contributed by atoms with Crippen molar-refractivity contribution in [2.24, 2.45) is 0 Å². The van der Waals surface area contributed by atoms with Crippen LogP contribution in [0.2, 0.25) is 0 Å². The number of carbonyl (C=O) groups excluding carboxylic acids is 1. The first-order chi connectivity index (χ1) is 11.4. The number of phenolic OH excluding ortho intramolecular Hbond substituents is 1. The summed E-state index contributed by atoms with van der Waals surface area (Å²) in [5.41, 5.74) is 0.976. The maximum absolute atomic E-state index is 12.3. The molecule has 0 saturated carbocycles. The Bertz CT molecular complexity index is 840. The van der Waals surface area contributed by atoms with E-state index >= 15 is 0 Å². The summed E-state index contributed by atoms with van der Waals surface area (Å²) in [6.07, 6.45) is 1.45. The third-order valence-electron chi connectivity index (χ3n) is 3.03. The Hall–Kier alpha value is -2.30. The van der Waals surface area contributed by atoms with Crippen LogP contribution in [0.3, 0.4) is 0 Å². The van der Waals surface area contributed by atoms with Crippen LogP contribution >= 0.6 is 31.9 Å². The van der Waals surface area contributed by atoms with Gasteiger partial charge in [-0.3, -0.25) is 4.79 Å². The smallest absolute Gasteiger partial charge is 0.266 e. The molecule has 0 atom stereocenters. The molecule has 0 aromatic heterocycles. The number of halogens is 2. The van der Waals surface area contributed by atoms with Gasteiger partial charge in [-0.1, -0.05) is 15.9 Å². The van der Waals surface area contributed by atoms with Gasteiger partial charge in [-0.15, -0.1) is 0 Å². The predicted molar refractivity (Wildman–Crippen MR) is 98.7 cm³/mol. The number of ether oxygens (including phenoxy) is 1. The molecule has 0 spiro atoms. The van der Waals surface area contributed by atoms with E-state index < -0.39 is 5.91 Å². The molecule has 2 N–H and O–H groups in total. The first-order valence-corrected chi connectivity index (χ1v) is 8.28. The maximum atomic E-state index is 12.3. The molecule has 5 nitrogen and oxygen atoms in total. The van der Waals surface area contributed by atoms with Gasteiger partial charge in [0, 0.05) is 15.7 Å². The molecule has 0 aliphatic rings. The first-order valence-electron chi connectivity index (χ1n) is 6.70. The van der Waals surface area contributed by atoms with Crippen LogP contribution in [0, 0.1) is 11.3 Å². The van der Waals surface area contributed by atoms with Gasteiger partial charge in [0.25, 0.3) is 5.91 Å². The first kappa shape index (κ1) is 18.0. The molecule has 0 heterocycles. The van der Waals surface area contributed by atoms with Crippen molar-refractivity contribution >= 4 is 49.5 Å². The Morgan fingerprint density at radius 1 is 1.29 bits per heavy atom.